The summed E-state index contributed by atoms with van der Waals surface area (Å²) in [5.74, 6) is 3.53. The summed E-state index contributed by atoms with van der Waals surface area (Å²) in [6, 6.07) is 4.23. The monoisotopic (exact) mass is 394 g/mol. The molecule has 4 saturated carbocycles. The van der Waals surface area contributed by atoms with E-state index >= 15 is 0 Å². The number of ether oxygens (including phenoxy) is 1. The smallest absolute Gasteiger partial charge is 0.163 e. The number of hydrogen-bond donors (Lipinski definition) is 2. The van der Waals surface area contributed by atoms with Gasteiger partial charge in [-0.1, -0.05) is 0 Å². The molecule has 1 heterocycles. The van der Waals surface area contributed by atoms with Crippen LogP contribution in [0.4, 0.5) is 0 Å². The number of ketones is 1. The summed E-state index contributed by atoms with van der Waals surface area (Å²) < 4.78 is 5.56. The molecule has 0 unspecified atom stereocenters. The van der Waals surface area contributed by atoms with Gasteiger partial charge in [-0.2, -0.15) is 0 Å². The highest BCUT2D eigenvalue weighted by Crippen LogP contribution is 2.60. The largest absolute Gasteiger partial charge is 0.496 e. The van der Waals surface area contributed by atoms with Crippen molar-refractivity contribution >= 4 is 11.5 Å². The predicted molar refractivity (Wildman–Crippen MR) is 115 cm³/mol. The van der Waals surface area contributed by atoms with E-state index in [0.717, 1.165) is 66.0 Å². The third kappa shape index (κ3) is 3.20. The first-order chi connectivity index (χ1) is 13.8. The van der Waals surface area contributed by atoms with Gasteiger partial charge >= 0.3 is 0 Å². The van der Waals surface area contributed by atoms with Gasteiger partial charge < -0.3 is 15.8 Å². The Morgan fingerprint density at radius 2 is 1.79 bits per heavy atom. The van der Waals surface area contributed by atoms with E-state index in [1.807, 2.05) is 6.08 Å². The summed E-state index contributed by atoms with van der Waals surface area (Å²) in [5, 5.41) is 3.66. The van der Waals surface area contributed by atoms with Crippen molar-refractivity contribution in [3.05, 3.63) is 34.9 Å². The van der Waals surface area contributed by atoms with E-state index < -0.39 is 0 Å². The first-order valence-electron chi connectivity index (χ1n) is 11.3. The van der Waals surface area contributed by atoms with Gasteiger partial charge in [-0.15, -0.1) is 0 Å². The minimum absolute atomic E-state index is 0.101. The fraction of sp³-hybridized carbons (Fsp3) is 0.640. The lowest BCUT2D eigenvalue weighted by Gasteiger charge is -2.55. The van der Waals surface area contributed by atoms with E-state index in [-0.39, 0.29) is 11.0 Å². The lowest BCUT2D eigenvalue weighted by molar-refractivity contribution is -0.138. The van der Waals surface area contributed by atoms with Crippen LogP contribution in [0.25, 0.3) is 5.70 Å². The zero-order valence-electron chi connectivity index (χ0n) is 18.0. The van der Waals surface area contributed by atoms with Crippen molar-refractivity contribution in [3.8, 4) is 5.75 Å². The van der Waals surface area contributed by atoms with E-state index in [9.17, 15) is 4.79 Å². The third-order valence-electron chi connectivity index (χ3n) is 7.96. The highest BCUT2D eigenvalue weighted by Gasteiger charge is 2.54. The number of nitrogens with one attached hydrogen (secondary N) is 1. The molecule has 0 atom stereocenters. The van der Waals surface area contributed by atoms with Gasteiger partial charge in [0.1, 0.15) is 5.75 Å². The maximum absolute atomic E-state index is 13.7. The molecule has 4 aliphatic carbocycles. The number of rotatable bonds is 4. The van der Waals surface area contributed by atoms with Crippen molar-refractivity contribution in [2.45, 2.75) is 70.9 Å². The Labute approximate surface area is 174 Å². The average molecular weight is 395 g/mol. The molecule has 156 valence electrons. The van der Waals surface area contributed by atoms with Crippen LogP contribution in [0, 0.1) is 23.2 Å². The molecule has 0 spiro atoms. The van der Waals surface area contributed by atoms with Gasteiger partial charge in [0, 0.05) is 40.4 Å². The van der Waals surface area contributed by atoms with Crippen LogP contribution in [0.15, 0.2) is 18.2 Å². The van der Waals surface area contributed by atoms with Crippen molar-refractivity contribution in [3.63, 3.8) is 0 Å². The lowest BCUT2D eigenvalue weighted by atomic mass is 9.48. The predicted octanol–water partition coefficient (Wildman–Crippen LogP) is 4.20. The normalized spacial score (nSPS) is 35.3. The van der Waals surface area contributed by atoms with Gasteiger partial charge in [0.05, 0.1) is 7.11 Å². The molecular formula is C25H34N2O2. The summed E-state index contributed by atoms with van der Waals surface area (Å²) in [6.45, 7) is 4.82. The average Bonchev–Trinajstić information content (AvgIpc) is 2.65. The fourth-order valence-corrected chi connectivity index (χ4v) is 7.18. The Hall–Kier alpha value is -1.81. The molecule has 4 bridgehead atoms. The van der Waals surface area contributed by atoms with Crippen molar-refractivity contribution in [2.75, 3.05) is 7.11 Å². The third-order valence-corrected chi connectivity index (χ3v) is 7.96. The second kappa shape index (κ2) is 6.60. The second-order valence-electron chi connectivity index (χ2n) is 10.8. The van der Waals surface area contributed by atoms with Crippen LogP contribution in [0.5, 0.6) is 5.75 Å². The van der Waals surface area contributed by atoms with Gasteiger partial charge in [0.15, 0.2) is 5.78 Å². The van der Waals surface area contributed by atoms with Gasteiger partial charge in [-0.05, 0) is 94.2 Å². The minimum Gasteiger partial charge on any atom is -0.496 e. The van der Waals surface area contributed by atoms with Crippen molar-refractivity contribution in [1.82, 2.24) is 5.32 Å². The number of methoxy groups -OCH3 is 1. The second-order valence-corrected chi connectivity index (χ2v) is 10.8. The van der Waals surface area contributed by atoms with Crippen LogP contribution in [0.1, 0.15) is 69.1 Å². The van der Waals surface area contributed by atoms with E-state index in [2.05, 4.69) is 31.3 Å². The molecule has 0 saturated heterocycles. The van der Waals surface area contributed by atoms with Crippen molar-refractivity contribution in [2.24, 2.45) is 28.9 Å². The Bertz CT molecular complexity index is 848. The summed E-state index contributed by atoms with van der Waals surface area (Å²) >= 11 is 0. The van der Waals surface area contributed by atoms with E-state index in [1.54, 1.807) is 7.11 Å². The van der Waals surface area contributed by atoms with Crippen LogP contribution in [0.3, 0.4) is 0 Å². The maximum Gasteiger partial charge on any atom is 0.163 e. The molecule has 0 radical (unpaired) electrons. The van der Waals surface area contributed by atoms with Gasteiger partial charge in [0.2, 0.25) is 0 Å². The standard InChI is InChI=1S/C25H34N2O2/c1-24(2)13-18-8-22(29-3)19(14-26)7-20(18)21(27-24)9-23(28)25-10-15-4-16(11-25)6-17(5-15)12-25/h7-9,15-17,27H,4-6,10-14,26H2,1-3H3/b21-9-. The zero-order valence-corrected chi connectivity index (χ0v) is 18.0. The minimum atomic E-state index is -0.103. The SMILES string of the molecule is COc1cc2c(cc1CN)/C(=C/C(=O)C13CC4CC(CC(C4)C1)C3)NC(C)(C)C2. The molecule has 29 heavy (non-hydrogen) atoms. The number of fused-ring (bicyclic) bond motifs is 1. The molecule has 4 fully saturated rings. The molecule has 1 aromatic carbocycles. The number of allylic oxidation sites excluding steroid dienone is 1. The molecule has 4 heteroatoms. The zero-order chi connectivity index (χ0) is 20.4. The van der Waals surface area contributed by atoms with E-state index in [0.29, 0.717) is 12.3 Å². The number of nitrogens with two attached hydrogens (primary N) is 1. The van der Waals surface area contributed by atoms with E-state index in [1.165, 1.54) is 24.8 Å². The number of carbonyl (C=O) groups is 1. The first kappa shape index (κ1) is 19.2. The van der Waals surface area contributed by atoms with Crippen LogP contribution in [-0.2, 0) is 17.8 Å². The van der Waals surface area contributed by atoms with Gasteiger partial charge in [-0.3, -0.25) is 4.79 Å². The van der Waals surface area contributed by atoms with Crippen molar-refractivity contribution < 1.29 is 9.53 Å². The molecule has 3 N–H and O–H groups in total. The number of hydrogen-bond acceptors (Lipinski definition) is 4. The highest BCUT2D eigenvalue weighted by atomic mass is 16.5. The van der Waals surface area contributed by atoms with Gasteiger partial charge in [0.25, 0.3) is 0 Å². The number of carbonyl (C=O) groups excluding carboxylic acids is 1. The summed E-state index contributed by atoms with van der Waals surface area (Å²) in [7, 11) is 1.69. The Morgan fingerprint density at radius 3 is 2.34 bits per heavy atom. The Morgan fingerprint density at radius 1 is 1.17 bits per heavy atom. The van der Waals surface area contributed by atoms with Crippen LogP contribution in [-0.4, -0.2) is 18.4 Å². The molecule has 1 aliphatic heterocycles. The topological polar surface area (TPSA) is 64.3 Å². The summed E-state index contributed by atoms with van der Waals surface area (Å²) in [5.41, 5.74) is 10.1. The Balaban J connectivity index is 1.54. The molecule has 6 rings (SSSR count). The maximum atomic E-state index is 13.7. The molecule has 5 aliphatic rings. The van der Waals surface area contributed by atoms with Gasteiger partial charge in [-0.25, -0.2) is 0 Å². The fourth-order valence-electron chi connectivity index (χ4n) is 7.18. The van der Waals surface area contributed by atoms with Crippen LogP contribution in [0.2, 0.25) is 0 Å². The van der Waals surface area contributed by atoms with E-state index in [4.69, 9.17) is 10.5 Å². The molecule has 1 aromatic rings. The van der Waals surface area contributed by atoms with Crippen molar-refractivity contribution in [1.29, 1.82) is 0 Å². The molecule has 4 nitrogen and oxygen atoms in total. The first-order valence-corrected chi connectivity index (χ1v) is 11.3. The lowest BCUT2D eigenvalue weighted by Crippen LogP contribution is -2.50. The quantitative estimate of drug-likeness (QED) is 0.751. The summed E-state index contributed by atoms with van der Waals surface area (Å²) in [6.07, 6.45) is 10.2. The van der Waals surface area contributed by atoms with Crippen LogP contribution < -0.4 is 15.8 Å². The number of benzene rings is 1. The molecule has 0 amide bonds. The molecule has 0 aromatic heterocycles. The molecular weight excluding hydrogens is 360 g/mol. The Kier molecular flexibility index (Phi) is 4.36. The summed E-state index contributed by atoms with van der Waals surface area (Å²) in [4.78, 5) is 13.7. The van der Waals surface area contributed by atoms with Crippen LogP contribution >= 0.6 is 0 Å². The highest BCUT2D eigenvalue weighted by molar-refractivity contribution is 6.01.